The highest BCUT2D eigenvalue weighted by atomic mass is 16.5. The Hall–Kier alpha value is -3.60. The van der Waals surface area contributed by atoms with Gasteiger partial charge >= 0.3 is 5.97 Å². The molecule has 3 rings (SSSR count). The Balaban J connectivity index is 1.41. The highest BCUT2D eigenvalue weighted by Crippen LogP contribution is 2.17. The van der Waals surface area contributed by atoms with Gasteiger partial charge in [0.2, 0.25) is 5.91 Å². The number of esters is 1. The summed E-state index contributed by atoms with van der Waals surface area (Å²) >= 11 is 0. The van der Waals surface area contributed by atoms with Crippen molar-refractivity contribution in [3.05, 3.63) is 102 Å². The van der Waals surface area contributed by atoms with E-state index < -0.39 is 0 Å². The van der Waals surface area contributed by atoms with Crippen molar-refractivity contribution in [1.29, 1.82) is 0 Å². The van der Waals surface area contributed by atoms with Gasteiger partial charge in [0, 0.05) is 18.9 Å². The van der Waals surface area contributed by atoms with Gasteiger partial charge in [-0.1, -0.05) is 85.6 Å². The van der Waals surface area contributed by atoms with Crippen molar-refractivity contribution >= 4 is 11.9 Å². The molecule has 196 valence electrons. The minimum atomic E-state index is -0.262. The van der Waals surface area contributed by atoms with Crippen molar-refractivity contribution in [3.8, 4) is 5.75 Å². The molecule has 0 spiro atoms. The highest BCUT2D eigenvalue weighted by Gasteiger charge is 2.15. The van der Waals surface area contributed by atoms with Crippen LogP contribution in [0.2, 0.25) is 0 Å². The molecule has 0 saturated carbocycles. The Morgan fingerprint density at radius 3 is 2.05 bits per heavy atom. The van der Waals surface area contributed by atoms with Crippen molar-refractivity contribution in [2.45, 2.75) is 70.4 Å². The second kappa shape index (κ2) is 16.2. The second-order valence-electron chi connectivity index (χ2n) is 9.40. The maximum atomic E-state index is 12.6. The predicted octanol–water partition coefficient (Wildman–Crippen LogP) is 6.44. The van der Waals surface area contributed by atoms with Gasteiger partial charge in [0.15, 0.2) is 0 Å². The summed E-state index contributed by atoms with van der Waals surface area (Å²) in [5.74, 6) is 0.582. The number of aryl methyl sites for hydroxylation is 1. The van der Waals surface area contributed by atoms with Gasteiger partial charge in [-0.15, -0.1) is 0 Å². The van der Waals surface area contributed by atoms with E-state index >= 15 is 0 Å². The molecule has 0 aliphatic rings. The fourth-order valence-corrected chi connectivity index (χ4v) is 4.28. The summed E-state index contributed by atoms with van der Waals surface area (Å²) in [5, 5.41) is 3.15. The SMILES string of the molecule is COC(=O)CC[C@@H](Cc1ccc(OCc2ccccc2)cc1)NC(=O)CCCCCCc1ccccc1. The summed E-state index contributed by atoms with van der Waals surface area (Å²) < 4.78 is 10.7. The van der Waals surface area contributed by atoms with Crippen LogP contribution >= 0.6 is 0 Å². The molecule has 5 nitrogen and oxygen atoms in total. The summed E-state index contributed by atoms with van der Waals surface area (Å²) in [5.41, 5.74) is 3.57. The Kier molecular flexibility index (Phi) is 12.3. The molecule has 0 heterocycles. The van der Waals surface area contributed by atoms with Crippen LogP contribution in [0.4, 0.5) is 0 Å². The number of carbonyl (C=O) groups excluding carboxylic acids is 2. The van der Waals surface area contributed by atoms with Crippen LogP contribution in [-0.4, -0.2) is 25.0 Å². The average Bonchev–Trinajstić information content (AvgIpc) is 2.94. The molecular formula is C32H39NO4. The number of hydrogen-bond donors (Lipinski definition) is 1. The van der Waals surface area contributed by atoms with E-state index in [1.165, 1.54) is 12.7 Å². The lowest BCUT2D eigenvalue weighted by Crippen LogP contribution is -2.36. The third-order valence-electron chi connectivity index (χ3n) is 6.41. The minimum Gasteiger partial charge on any atom is -0.489 e. The van der Waals surface area contributed by atoms with E-state index in [9.17, 15) is 9.59 Å². The van der Waals surface area contributed by atoms with Crippen LogP contribution < -0.4 is 10.1 Å². The molecule has 37 heavy (non-hydrogen) atoms. The molecule has 0 aliphatic carbocycles. The van der Waals surface area contributed by atoms with Crippen LogP contribution in [0.15, 0.2) is 84.9 Å². The number of unbranched alkanes of at least 4 members (excludes halogenated alkanes) is 3. The highest BCUT2D eigenvalue weighted by molar-refractivity contribution is 5.76. The van der Waals surface area contributed by atoms with E-state index in [4.69, 9.17) is 9.47 Å². The molecule has 0 saturated heterocycles. The fraction of sp³-hybridized carbons (Fsp3) is 0.375. The van der Waals surface area contributed by atoms with Gasteiger partial charge in [0.25, 0.3) is 0 Å². The van der Waals surface area contributed by atoms with E-state index in [-0.39, 0.29) is 24.3 Å². The first-order valence-corrected chi connectivity index (χ1v) is 13.3. The van der Waals surface area contributed by atoms with Crippen molar-refractivity contribution in [2.75, 3.05) is 7.11 Å². The summed E-state index contributed by atoms with van der Waals surface area (Å²) in [6.07, 6.45) is 7.23. The Bertz CT molecular complexity index is 1050. The lowest BCUT2D eigenvalue weighted by Gasteiger charge is -2.19. The first kappa shape index (κ1) is 28.0. The van der Waals surface area contributed by atoms with Crippen LogP contribution in [0, 0.1) is 0 Å². The van der Waals surface area contributed by atoms with Gasteiger partial charge in [-0.05, 0) is 60.9 Å². The smallest absolute Gasteiger partial charge is 0.305 e. The normalized spacial score (nSPS) is 11.5. The van der Waals surface area contributed by atoms with Gasteiger partial charge in [-0.25, -0.2) is 0 Å². The topological polar surface area (TPSA) is 64.6 Å². The Morgan fingerprint density at radius 1 is 0.730 bits per heavy atom. The number of ether oxygens (including phenoxy) is 2. The average molecular weight is 502 g/mol. The van der Waals surface area contributed by atoms with Gasteiger partial charge in [-0.2, -0.15) is 0 Å². The third-order valence-corrected chi connectivity index (χ3v) is 6.41. The fourth-order valence-electron chi connectivity index (χ4n) is 4.28. The van der Waals surface area contributed by atoms with Crippen LogP contribution in [0.25, 0.3) is 0 Å². The minimum absolute atomic E-state index is 0.0424. The molecule has 5 heteroatoms. The number of hydrogen-bond acceptors (Lipinski definition) is 4. The van der Waals surface area contributed by atoms with E-state index in [1.54, 1.807) is 0 Å². The largest absolute Gasteiger partial charge is 0.489 e. The van der Waals surface area contributed by atoms with Gasteiger partial charge in [-0.3, -0.25) is 9.59 Å². The number of methoxy groups -OCH3 is 1. The molecule has 1 amide bonds. The quantitative estimate of drug-likeness (QED) is 0.181. The molecule has 1 atom stereocenters. The van der Waals surface area contributed by atoms with Crippen molar-refractivity contribution in [1.82, 2.24) is 5.32 Å². The number of nitrogens with one attached hydrogen (secondary N) is 1. The zero-order valence-electron chi connectivity index (χ0n) is 21.9. The number of carbonyl (C=O) groups is 2. The summed E-state index contributed by atoms with van der Waals surface area (Å²) in [4.78, 5) is 24.4. The number of benzene rings is 3. The summed E-state index contributed by atoms with van der Waals surface area (Å²) in [6, 6.07) is 28.4. The van der Waals surface area contributed by atoms with Crippen LogP contribution in [-0.2, 0) is 33.8 Å². The Morgan fingerprint density at radius 2 is 1.38 bits per heavy atom. The monoisotopic (exact) mass is 501 g/mol. The number of amides is 1. The number of rotatable bonds is 16. The Labute approximate surface area is 221 Å². The van der Waals surface area contributed by atoms with Crippen LogP contribution in [0.3, 0.4) is 0 Å². The van der Waals surface area contributed by atoms with Gasteiger partial charge in [0.05, 0.1) is 7.11 Å². The molecule has 0 aliphatic heterocycles. The van der Waals surface area contributed by atoms with E-state index in [1.807, 2.05) is 60.7 Å². The van der Waals surface area contributed by atoms with Gasteiger partial charge in [0.1, 0.15) is 12.4 Å². The van der Waals surface area contributed by atoms with Gasteiger partial charge < -0.3 is 14.8 Å². The maximum absolute atomic E-state index is 12.6. The lowest BCUT2D eigenvalue weighted by atomic mass is 10.0. The molecule has 0 bridgehead atoms. The van der Waals surface area contributed by atoms with E-state index in [2.05, 4.69) is 29.6 Å². The zero-order chi connectivity index (χ0) is 26.1. The summed E-state index contributed by atoms with van der Waals surface area (Å²) in [6.45, 7) is 0.518. The molecule has 1 N–H and O–H groups in total. The zero-order valence-corrected chi connectivity index (χ0v) is 21.9. The summed E-state index contributed by atoms with van der Waals surface area (Å²) in [7, 11) is 1.39. The first-order chi connectivity index (χ1) is 18.1. The molecule has 0 aromatic heterocycles. The van der Waals surface area contributed by atoms with Crippen LogP contribution in [0.5, 0.6) is 5.75 Å². The third kappa shape index (κ3) is 11.3. The molecule has 0 fully saturated rings. The standard InChI is InChI=1S/C32H39NO4/c1-36-32(35)23-20-29(33-31(34)17-11-3-2-6-12-26-13-7-4-8-14-26)24-27-18-21-30(22-19-27)37-25-28-15-9-5-10-16-28/h4-5,7-10,13-16,18-19,21-22,29H,2-3,6,11-12,17,20,23-25H2,1H3,(H,33,34)/t29-/m0/s1. The van der Waals surface area contributed by atoms with Crippen molar-refractivity contribution in [2.24, 2.45) is 0 Å². The van der Waals surface area contributed by atoms with Crippen molar-refractivity contribution < 1.29 is 19.1 Å². The predicted molar refractivity (Wildman–Crippen MR) is 147 cm³/mol. The molecule has 0 unspecified atom stereocenters. The second-order valence-corrected chi connectivity index (χ2v) is 9.40. The first-order valence-electron chi connectivity index (χ1n) is 13.3. The molecule has 3 aromatic rings. The van der Waals surface area contributed by atoms with Crippen molar-refractivity contribution in [3.63, 3.8) is 0 Å². The van der Waals surface area contributed by atoms with Crippen LogP contribution in [0.1, 0.15) is 61.6 Å². The maximum Gasteiger partial charge on any atom is 0.305 e. The molecule has 3 aromatic carbocycles. The molecule has 0 radical (unpaired) electrons. The lowest BCUT2D eigenvalue weighted by molar-refractivity contribution is -0.141. The van der Waals surface area contributed by atoms with E-state index in [0.29, 0.717) is 25.9 Å². The van der Waals surface area contributed by atoms with E-state index in [0.717, 1.165) is 49.0 Å². The molecular weight excluding hydrogens is 462 g/mol.